The molecular weight excluding hydrogens is 264 g/mol. The number of benzene rings is 2. The Morgan fingerprint density at radius 2 is 1.85 bits per heavy atom. The van der Waals surface area contributed by atoms with Crippen molar-refractivity contribution in [1.29, 1.82) is 0 Å². The van der Waals surface area contributed by atoms with E-state index in [9.17, 15) is 13.6 Å². The third-order valence-electron chi connectivity index (χ3n) is 2.61. The lowest BCUT2D eigenvalue weighted by atomic mass is 10.2. The van der Waals surface area contributed by atoms with Crippen LogP contribution in [0.1, 0.15) is 6.92 Å². The second-order valence-electron chi connectivity index (χ2n) is 4.19. The molecule has 0 saturated heterocycles. The number of ether oxygens (including phenoxy) is 1. The van der Waals surface area contributed by atoms with E-state index in [-0.39, 0.29) is 5.69 Å². The first-order chi connectivity index (χ1) is 9.56. The maximum absolute atomic E-state index is 13.4. The minimum absolute atomic E-state index is 0.210. The van der Waals surface area contributed by atoms with Gasteiger partial charge in [0, 0.05) is 6.07 Å². The van der Waals surface area contributed by atoms with Crippen LogP contribution in [0.4, 0.5) is 14.5 Å². The van der Waals surface area contributed by atoms with Crippen LogP contribution in [0.5, 0.6) is 5.75 Å². The van der Waals surface area contributed by atoms with Gasteiger partial charge in [-0.1, -0.05) is 18.2 Å². The van der Waals surface area contributed by atoms with Gasteiger partial charge in [-0.3, -0.25) is 4.79 Å². The summed E-state index contributed by atoms with van der Waals surface area (Å²) in [6, 6.07) is 11.6. The van der Waals surface area contributed by atoms with Crippen molar-refractivity contribution in [1.82, 2.24) is 0 Å². The van der Waals surface area contributed by atoms with E-state index in [1.54, 1.807) is 24.3 Å². The topological polar surface area (TPSA) is 38.3 Å². The first-order valence-electron chi connectivity index (χ1n) is 6.04. The van der Waals surface area contributed by atoms with Gasteiger partial charge in [0.2, 0.25) is 0 Å². The summed E-state index contributed by atoms with van der Waals surface area (Å²) < 4.78 is 31.8. The van der Waals surface area contributed by atoms with Gasteiger partial charge in [-0.25, -0.2) is 8.78 Å². The zero-order valence-corrected chi connectivity index (χ0v) is 10.8. The molecule has 1 N–H and O–H groups in total. The highest BCUT2D eigenvalue weighted by Gasteiger charge is 2.16. The summed E-state index contributed by atoms with van der Waals surface area (Å²) in [4.78, 5) is 11.9. The SMILES string of the molecule is CC(Oc1ccccc1)C(=O)Nc1cc(F)ccc1F. The summed E-state index contributed by atoms with van der Waals surface area (Å²) in [5.74, 6) is -1.36. The van der Waals surface area contributed by atoms with Crippen molar-refractivity contribution in [3.05, 3.63) is 60.2 Å². The highest BCUT2D eigenvalue weighted by Crippen LogP contribution is 2.16. The highest BCUT2D eigenvalue weighted by atomic mass is 19.1. The van der Waals surface area contributed by atoms with Gasteiger partial charge in [-0.15, -0.1) is 0 Å². The molecule has 0 spiro atoms. The average molecular weight is 277 g/mol. The van der Waals surface area contributed by atoms with Crippen LogP contribution in [-0.4, -0.2) is 12.0 Å². The van der Waals surface area contributed by atoms with Gasteiger partial charge in [0.15, 0.2) is 6.10 Å². The van der Waals surface area contributed by atoms with E-state index in [0.717, 1.165) is 18.2 Å². The second-order valence-corrected chi connectivity index (χ2v) is 4.19. The van der Waals surface area contributed by atoms with E-state index < -0.39 is 23.6 Å². The van der Waals surface area contributed by atoms with Crippen LogP contribution < -0.4 is 10.1 Å². The Labute approximate surface area is 115 Å². The van der Waals surface area contributed by atoms with Crippen LogP contribution in [0.3, 0.4) is 0 Å². The third-order valence-corrected chi connectivity index (χ3v) is 2.61. The smallest absolute Gasteiger partial charge is 0.265 e. The molecule has 0 radical (unpaired) electrons. The van der Waals surface area contributed by atoms with Crippen LogP contribution in [0, 0.1) is 11.6 Å². The van der Waals surface area contributed by atoms with E-state index in [1.807, 2.05) is 6.07 Å². The van der Waals surface area contributed by atoms with Crippen LogP contribution in [0.15, 0.2) is 48.5 Å². The van der Waals surface area contributed by atoms with Crippen molar-refractivity contribution in [2.45, 2.75) is 13.0 Å². The molecule has 20 heavy (non-hydrogen) atoms. The molecule has 2 rings (SSSR count). The van der Waals surface area contributed by atoms with Crippen LogP contribution >= 0.6 is 0 Å². The van der Waals surface area contributed by atoms with E-state index >= 15 is 0 Å². The summed E-state index contributed by atoms with van der Waals surface area (Å²) in [5.41, 5.74) is -0.210. The predicted octanol–water partition coefficient (Wildman–Crippen LogP) is 3.37. The van der Waals surface area contributed by atoms with Crippen molar-refractivity contribution in [3.63, 3.8) is 0 Å². The Balaban J connectivity index is 2.02. The Bertz CT molecular complexity index is 602. The first-order valence-corrected chi connectivity index (χ1v) is 6.04. The minimum atomic E-state index is -0.833. The van der Waals surface area contributed by atoms with E-state index in [4.69, 9.17) is 4.74 Å². The molecule has 104 valence electrons. The zero-order chi connectivity index (χ0) is 14.5. The number of carbonyl (C=O) groups excluding carboxylic acids is 1. The monoisotopic (exact) mass is 277 g/mol. The van der Waals surface area contributed by atoms with E-state index in [0.29, 0.717) is 5.75 Å². The number of nitrogens with one attached hydrogen (secondary N) is 1. The zero-order valence-electron chi connectivity index (χ0n) is 10.8. The van der Waals surface area contributed by atoms with E-state index in [1.165, 1.54) is 6.92 Å². The lowest BCUT2D eigenvalue weighted by Crippen LogP contribution is -2.30. The minimum Gasteiger partial charge on any atom is -0.481 e. The second kappa shape index (κ2) is 6.14. The maximum Gasteiger partial charge on any atom is 0.265 e. The first kappa shape index (κ1) is 14.0. The number of hydrogen-bond acceptors (Lipinski definition) is 2. The summed E-state index contributed by atoms with van der Waals surface area (Å²) in [6.07, 6.45) is -0.833. The molecule has 0 heterocycles. The molecule has 2 aromatic carbocycles. The molecular formula is C15H13F2NO2. The Kier molecular flexibility index (Phi) is 4.30. The van der Waals surface area contributed by atoms with Crippen molar-refractivity contribution >= 4 is 11.6 Å². The number of amides is 1. The van der Waals surface area contributed by atoms with Crippen molar-refractivity contribution in [3.8, 4) is 5.75 Å². The number of hydrogen-bond donors (Lipinski definition) is 1. The molecule has 5 heteroatoms. The lowest BCUT2D eigenvalue weighted by molar-refractivity contribution is -0.122. The fourth-order valence-electron chi connectivity index (χ4n) is 1.58. The molecule has 1 amide bonds. The van der Waals surface area contributed by atoms with Gasteiger partial charge in [0.1, 0.15) is 17.4 Å². The van der Waals surface area contributed by atoms with Crippen LogP contribution in [0.25, 0.3) is 0 Å². The van der Waals surface area contributed by atoms with Gasteiger partial charge < -0.3 is 10.1 Å². The van der Waals surface area contributed by atoms with Crippen molar-refractivity contribution in [2.24, 2.45) is 0 Å². The van der Waals surface area contributed by atoms with E-state index in [2.05, 4.69) is 5.32 Å². The van der Waals surface area contributed by atoms with Gasteiger partial charge in [0.05, 0.1) is 5.69 Å². The van der Waals surface area contributed by atoms with Gasteiger partial charge in [0.25, 0.3) is 5.91 Å². The molecule has 0 aliphatic carbocycles. The van der Waals surface area contributed by atoms with Crippen LogP contribution in [0.2, 0.25) is 0 Å². The molecule has 0 aliphatic heterocycles. The summed E-state index contributed by atoms with van der Waals surface area (Å²) in [5, 5.41) is 2.29. The molecule has 1 unspecified atom stereocenters. The molecule has 0 aliphatic rings. The molecule has 0 saturated carbocycles. The normalized spacial score (nSPS) is 11.8. The molecule has 0 fully saturated rings. The average Bonchev–Trinajstić information content (AvgIpc) is 2.44. The summed E-state index contributed by atoms with van der Waals surface area (Å²) in [6.45, 7) is 1.53. The van der Waals surface area contributed by atoms with Gasteiger partial charge in [-0.2, -0.15) is 0 Å². The van der Waals surface area contributed by atoms with Gasteiger partial charge in [-0.05, 0) is 31.2 Å². The van der Waals surface area contributed by atoms with Crippen molar-refractivity contribution < 1.29 is 18.3 Å². The quantitative estimate of drug-likeness (QED) is 0.930. The number of rotatable bonds is 4. The molecule has 3 nitrogen and oxygen atoms in total. The van der Waals surface area contributed by atoms with Crippen LogP contribution in [-0.2, 0) is 4.79 Å². The number of carbonyl (C=O) groups is 1. The molecule has 0 bridgehead atoms. The lowest BCUT2D eigenvalue weighted by Gasteiger charge is -2.15. The predicted molar refractivity (Wildman–Crippen MR) is 71.5 cm³/mol. The van der Waals surface area contributed by atoms with Crippen molar-refractivity contribution in [2.75, 3.05) is 5.32 Å². The molecule has 1 atom stereocenters. The summed E-state index contributed by atoms with van der Waals surface area (Å²) in [7, 11) is 0. The number of anilines is 1. The Morgan fingerprint density at radius 1 is 1.15 bits per heavy atom. The standard InChI is InChI=1S/C15H13F2NO2/c1-10(20-12-5-3-2-4-6-12)15(19)18-14-9-11(16)7-8-13(14)17/h2-10H,1H3,(H,18,19). The highest BCUT2D eigenvalue weighted by molar-refractivity contribution is 5.94. The Morgan fingerprint density at radius 3 is 2.55 bits per heavy atom. The maximum atomic E-state index is 13.4. The largest absolute Gasteiger partial charge is 0.481 e. The number of halogens is 2. The fourth-order valence-corrected chi connectivity index (χ4v) is 1.58. The fraction of sp³-hybridized carbons (Fsp3) is 0.133. The van der Waals surface area contributed by atoms with Gasteiger partial charge >= 0.3 is 0 Å². The molecule has 0 aromatic heterocycles. The number of para-hydroxylation sites is 1. The third kappa shape index (κ3) is 3.54. The summed E-state index contributed by atoms with van der Waals surface area (Å²) >= 11 is 0. The molecule has 2 aromatic rings. The Hall–Kier alpha value is -2.43.